The Kier molecular flexibility index (Phi) is 3.13. The summed E-state index contributed by atoms with van der Waals surface area (Å²) in [5.74, 6) is -0.457. The zero-order valence-electron chi connectivity index (χ0n) is 10.7. The van der Waals surface area contributed by atoms with Gasteiger partial charge < -0.3 is 0 Å². The molecule has 0 unspecified atom stereocenters. The van der Waals surface area contributed by atoms with Crippen LogP contribution in [-0.2, 0) is 9.59 Å². The Balaban J connectivity index is 1.93. The minimum atomic E-state index is -0.259. The molecule has 0 aliphatic carbocycles. The highest BCUT2D eigenvalue weighted by atomic mass is 16.2. The average molecular weight is 264 g/mol. The van der Waals surface area contributed by atoms with E-state index in [0.29, 0.717) is 11.3 Å². The number of hydrogen-bond acceptors (Lipinski definition) is 3. The molecule has 0 radical (unpaired) electrons. The highest BCUT2D eigenvalue weighted by molar-refractivity contribution is 6.29. The predicted molar refractivity (Wildman–Crippen MR) is 75.8 cm³/mol. The summed E-state index contributed by atoms with van der Waals surface area (Å²) in [6.45, 7) is 0. The van der Waals surface area contributed by atoms with E-state index in [2.05, 4.69) is 4.98 Å². The lowest BCUT2D eigenvalue weighted by Crippen LogP contribution is -2.28. The number of pyridine rings is 1. The fourth-order valence-corrected chi connectivity index (χ4v) is 2.19. The summed E-state index contributed by atoms with van der Waals surface area (Å²) >= 11 is 0. The molecule has 1 fully saturated rings. The number of para-hydroxylation sites is 1. The Morgan fingerprint density at radius 2 is 1.85 bits per heavy atom. The van der Waals surface area contributed by atoms with Gasteiger partial charge in [-0.15, -0.1) is 0 Å². The Labute approximate surface area is 116 Å². The summed E-state index contributed by atoms with van der Waals surface area (Å²) in [5, 5.41) is 0. The molecule has 2 amide bonds. The molecule has 98 valence electrons. The van der Waals surface area contributed by atoms with Gasteiger partial charge in [0.15, 0.2) is 0 Å². The van der Waals surface area contributed by atoms with Crippen molar-refractivity contribution >= 4 is 23.6 Å². The number of nitrogens with zero attached hydrogens (tertiary/aromatic N) is 2. The molecular weight excluding hydrogens is 252 g/mol. The second-order valence-electron chi connectivity index (χ2n) is 4.50. The summed E-state index contributed by atoms with van der Waals surface area (Å²) in [6, 6.07) is 12.6. The van der Waals surface area contributed by atoms with Gasteiger partial charge in [0.05, 0.1) is 12.1 Å². The fourth-order valence-electron chi connectivity index (χ4n) is 2.19. The summed E-state index contributed by atoms with van der Waals surface area (Å²) in [7, 11) is 0. The largest absolute Gasteiger partial charge is 0.274 e. The zero-order chi connectivity index (χ0) is 13.9. The van der Waals surface area contributed by atoms with Crippen molar-refractivity contribution < 1.29 is 9.59 Å². The molecule has 2 heterocycles. The normalized spacial score (nSPS) is 17.0. The van der Waals surface area contributed by atoms with E-state index in [4.69, 9.17) is 0 Å². The summed E-state index contributed by atoms with van der Waals surface area (Å²) in [6.07, 6.45) is 5.18. The summed E-state index contributed by atoms with van der Waals surface area (Å²) in [5.41, 5.74) is 1.92. The molecule has 20 heavy (non-hydrogen) atoms. The molecule has 0 atom stereocenters. The molecule has 1 saturated heterocycles. The van der Waals surface area contributed by atoms with Gasteiger partial charge in [-0.3, -0.25) is 14.6 Å². The van der Waals surface area contributed by atoms with Crippen LogP contribution in [0.2, 0.25) is 0 Å². The molecule has 2 aromatic rings. The molecule has 4 nitrogen and oxygen atoms in total. The lowest BCUT2D eigenvalue weighted by Gasteiger charge is -2.12. The minimum Gasteiger partial charge on any atom is -0.274 e. The van der Waals surface area contributed by atoms with Crippen LogP contribution in [0, 0.1) is 0 Å². The maximum absolute atomic E-state index is 12.3. The number of anilines is 1. The van der Waals surface area contributed by atoms with Crippen LogP contribution >= 0.6 is 0 Å². The van der Waals surface area contributed by atoms with Crippen LogP contribution in [0.15, 0.2) is 60.4 Å². The number of amides is 2. The predicted octanol–water partition coefficient (Wildman–Crippen LogP) is 2.43. The zero-order valence-corrected chi connectivity index (χ0v) is 10.7. The fraction of sp³-hybridized carbons (Fsp3) is 0.0625. The number of aromatic nitrogens is 1. The maximum Gasteiger partial charge on any atom is 0.261 e. The van der Waals surface area contributed by atoms with Crippen molar-refractivity contribution in [1.82, 2.24) is 4.98 Å². The molecule has 1 aromatic carbocycles. The Morgan fingerprint density at radius 1 is 1.05 bits per heavy atom. The minimum absolute atomic E-state index is 0.128. The van der Waals surface area contributed by atoms with Crippen LogP contribution in [0.1, 0.15) is 12.0 Å². The molecular formula is C16H12N2O2. The van der Waals surface area contributed by atoms with Gasteiger partial charge in [0.25, 0.3) is 5.91 Å². The summed E-state index contributed by atoms with van der Waals surface area (Å²) < 4.78 is 0. The number of carbonyl (C=O) groups is 2. The lowest BCUT2D eigenvalue weighted by atomic mass is 10.1. The van der Waals surface area contributed by atoms with E-state index >= 15 is 0 Å². The first-order valence-corrected chi connectivity index (χ1v) is 6.28. The molecule has 1 aromatic heterocycles. The van der Waals surface area contributed by atoms with Gasteiger partial charge in [0.2, 0.25) is 5.91 Å². The van der Waals surface area contributed by atoms with Crippen LogP contribution < -0.4 is 4.90 Å². The molecule has 4 heteroatoms. The molecule has 1 aliphatic rings. The van der Waals surface area contributed by atoms with Gasteiger partial charge in [-0.25, -0.2) is 4.90 Å². The second-order valence-corrected chi connectivity index (χ2v) is 4.50. The average Bonchev–Trinajstić information content (AvgIpc) is 2.75. The molecule has 0 N–H and O–H groups in total. The van der Waals surface area contributed by atoms with Crippen molar-refractivity contribution in [2.24, 2.45) is 0 Å². The molecule has 3 rings (SSSR count). The van der Waals surface area contributed by atoms with E-state index in [1.54, 1.807) is 48.8 Å². The maximum atomic E-state index is 12.3. The van der Waals surface area contributed by atoms with Crippen molar-refractivity contribution in [2.45, 2.75) is 6.42 Å². The van der Waals surface area contributed by atoms with E-state index in [1.165, 1.54) is 4.90 Å². The van der Waals surface area contributed by atoms with Crippen LogP contribution in [0.4, 0.5) is 5.69 Å². The van der Waals surface area contributed by atoms with Crippen molar-refractivity contribution in [1.29, 1.82) is 0 Å². The highest BCUT2D eigenvalue weighted by Crippen LogP contribution is 2.26. The third-order valence-electron chi connectivity index (χ3n) is 3.11. The molecule has 0 saturated carbocycles. The Bertz CT molecular complexity index is 678. The van der Waals surface area contributed by atoms with Gasteiger partial charge in [0.1, 0.15) is 0 Å². The van der Waals surface area contributed by atoms with Crippen molar-refractivity contribution in [3.8, 4) is 0 Å². The van der Waals surface area contributed by atoms with Gasteiger partial charge in [-0.1, -0.05) is 24.3 Å². The van der Waals surface area contributed by atoms with Gasteiger partial charge >= 0.3 is 0 Å². The second kappa shape index (κ2) is 5.09. The van der Waals surface area contributed by atoms with Crippen LogP contribution in [-0.4, -0.2) is 16.8 Å². The van der Waals surface area contributed by atoms with E-state index < -0.39 is 0 Å². The quantitative estimate of drug-likeness (QED) is 0.618. The van der Waals surface area contributed by atoms with Crippen molar-refractivity contribution in [3.05, 3.63) is 66.0 Å². The number of rotatable bonds is 2. The number of benzene rings is 1. The van der Waals surface area contributed by atoms with Crippen LogP contribution in [0.3, 0.4) is 0 Å². The van der Waals surface area contributed by atoms with E-state index in [9.17, 15) is 9.59 Å². The van der Waals surface area contributed by atoms with Gasteiger partial charge in [-0.2, -0.15) is 0 Å². The van der Waals surface area contributed by atoms with E-state index in [-0.39, 0.29) is 18.2 Å². The van der Waals surface area contributed by atoms with E-state index in [1.807, 2.05) is 12.1 Å². The summed E-state index contributed by atoms with van der Waals surface area (Å²) in [4.78, 5) is 29.6. The SMILES string of the molecule is O=C1CC(=Cc2cccnc2)C(=O)N1c1ccccc1. The smallest absolute Gasteiger partial charge is 0.261 e. The van der Waals surface area contributed by atoms with Gasteiger partial charge in [0, 0.05) is 18.0 Å². The van der Waals surface area contributed by atoms with E-state index in [0.717, 1.165) is 5.56 Å². The molecule has 0 spiro atoms. The van der Waals surface area contributed by atoms with Crippen molar-refractivity contribution in [2.75, 3.05) is 4.90 Å². The molecule has 0 bridgehead atoms. The monoisotopic (exact) mass is 264 g/mol. The Morgan fingerprint density at radius 3 is 2.55 bits per heavy atom. The number of hydrogen-bond donors (Lipinski definition) is 0. The molecule has 1 aliphatic heterocycles. The van der Waals surface area contributed by atoms with Crippen LogP contribution in [0.25, 0.3) is 6.08 Å². The number of carbonyl (C=O) groups excluding carboxylic acids is 2. The topological polar surface area (TPSA) is 50.3 Å². The number of imide groups is 1. The van der Waals surface area contributed by atoms with Crippen LogP contribution in [0.5, 0.6) is 0 Å². The third kappa shape index (κ3) is 2.23. The third-order valence-corrected chi connectivity index (χ3v) is 3.11. The first kappa shape index (κ1) is 12.3. The lowest BCUT2D eigenvalue weighted by molar-refractivity contribution is -0.120. The first-order chi connectivity index (χ1) is 9.75. The highest BCUT2D eigenvalue weighted by Gasteiger charge is 2.34. The standard InChI is InChI=1S/C16H12N2O2/c19-15-10-13(9-12-5-4-8-17-11-12)16(20)18(15)14-6-2-1-3-7-14/h1-9,11H,10H2. The van der Waals surface area contributed by atoms with Gasteiger partial charge in [-0.05, 0) is 29.8 Å². The van der Waals surface area contributed by atoms with Crippen molar-refractivity contribution in [3.63, 3.8) is 0 Å². The Hall–Kier alpha value is -2.75. The first-order valence-electron chi connectivity index (χ1n) is 6.28.